The van der Waals surface area contributed by atoms with Crippen molar-refractivity contribution in [3.63, 3.8) is 0 Å². The Morgan fingerprint density at radius 3 is 2.18 bits per heavy atom. The maximum Gasteiger partial charge on any atom is 0.514 e. The van der Waals surface area contributed by atoms with E-state index in [4.69, 9.17) is 18.9 Å². The van der Waals surface area contributed by atoms with E-state index in [1.165, 1.54) is 0 Å². The van der Waals surface area contributed by atoms with Crippen LogP contribution in [0.1, 0.15) is 76.7 Å². The Morgan fingerprint density at radius 1 is 1.04 bits per heavy atom. The molecule has 0 bridgehead atoms. The summed E-state index contributed by atoms with van der Waals surface area (Å²) in [4.78, 5) is 25.3. The van der Waals surface area contributed by atoms with Crippen molar-refractivity contribution in [1.29, 1.82) is 0 Å². The van der Waals surface area contributed by atoms with Gasteiger partial charge in [-0.2, -0.15) is 0 Å². The summed E-state index contributed by atoms with van der Waals surface area (Å²) in [6, 6.07) is 1.88. The minimum absolute atomic E-state index is 0.0390. The molecule has 1 fully saturated rings. The first-order chi connectivity index (χ1) is 12.8. The van der Waals surface area contributed by atoms with Crippen LogP contribution in [0.25, 0.3) is 0 Å². The largest absolute Gasteiger partial charge is 0.514 e. The average molecular weight is 455 g/mol. The topological polar surface area (TPSA) is 71.1 Å². The molecule has 1 spiro atoms. The normalized spacial score (nSPS) is 17.4. The monoisotopic (exact) mass is 454 g/mol. The quantitative estimate of drug-likeness (QED) is 0.431. The van der Waals surface area contributed by atoms with E-state index < -0.39 is 23.3 Å². The number of carbonyl (C=O) groups excluding carboxylic acids is 2. The molecule has 28 heavy (non-hydrogen) atoms. The summed E-state index contributed by atoms with van der Waals surface area (Å²) in [5.74, 6) is -0.0963. The van der Waals surface area contributed by atoms with E-state index >= 15 is 0 Å². The molecule has 6 nitrogen and oxygen atoms in total. The summed E-state index contributed by atoms with van der Waals surface area (Å²) >= 11 is 3.47. The van der Waals surface area contributed by atoms with Crippen molar-refractivity contribution in [2.24, 2.45) is 0 Å². The molecule has 0 atom stereocenters. The smallest absolute Gasteiger partial charge is 0.492 e. The second kappa shape index (κ2) is 6.94. The van der Waals surface area contributed by atoms with Gasteiger partial charge in [-0.15, -0.1) is 0 Å². The molecule has 0 N–H and O–H groups in total. The predicted octanol–water partition coefficient (Wildman–Crippen LogP) is 5.53. The minimum atomic E-state index is -0.894. The molecule has 0 aromatic heterocycles. The van der Waals surface area contributed by atoms with Crippen molar-refractivity contribution in [2.75, 3.05) is 6.61 Å². The number of ether oxygens (including phenoxy) is 4. The summed E-state index contributed by atoms with van der Waals surface area (Å²) in [5.41, 5.74) is -0.309. The lowest BCUT2D eigenvalue weighted by Crippen LogP contribution is -2.29. The standard InChI is InChI=1S/C21H27BrO6/c1-19(2,3)27-17(23)14-15-12(21(7-8-21)9-10-25-15)11-13(22)16(14)26-18(24)28-20(4,5)6/h11H,7-10H2,1-6H3. The number of fused-ring (bicyclic) bond motifs is 2. The van der Waals surface area contributed by atoms with E-state index in [-0.39, 0.29) is 16.7 Å². The van der Waals surface area contributed by atoms with E-state index in [1.807, 2.05) is 6.07 Å². The summed E-state index contributed by atoms with van der Waals surface area (Å²) in [6.45, 7) is 11.1. The molecule has 1 heterocycles. The average Bonchev–Trinajstić information content (AvgIpc) is 3.26. The van der Waals surface area contributed by atoms with Crippen molar-refractivity contribution >= 4 is 28.1 Å². The SMILES string of the molecule is CC(C)(C)OC(=O)Oc1c(Br)cc2c(c1C(=O)OC(C)(C)C)OCCC21CC1. The number of halogens is 1. The third kappa shape index (κ3) is 4.45. The fraction of sp³-hybridized carbons (Fsp3) is 0.619. The first kappa shape index (κ1) is 21.0. The first-order valence-corrected chi connectivity index (χ1v) is 10.2. The second-order valence-corrected chi connectivity index (χ2v) is 10.2. The maximum absolute atomic E-state index is 13.0. The van der Waals surface area contributed by atoms with Crippen LogP contribution < -0.4 is 9.47 Å². The Kier molecular flexibility index (Phi) is 5.19. The second-order valence-electron chi connectivity index (χ2n) is 9.39. The summed E-state index contributed by atoms with van der Waals surface area (Å²) in [5, 5.41) is 0. The first-order valence-electron chi connectivity index (χ1n) is 9.45. The molecule has 0 unspecified atom stereocenters. The van der Waals surface area contributed by atoms with Gasteiger partial charge in [-0.25, -0.2) is 9.59 Å². The van der Waals surface area contributed by atoms with Crippen LogP contribution in [0.2, 0.25) is 0 Å². The molecule has 1 aromatic carbocycles. The van der Waals surface area contributed by atoms with Gasteiger partial charge in [-0.3, -0.25) is 0 Å². The van der Waals surface area contributed by atoms with Gasteiger partial charge in [0, 0.05) is 11.0 Å². The van der Waals surface area contributed by atoms with Crippen molar-refractivity contribution < 1.29 is 28.5 Å². The van der Waals surface area contributed by atoms with Crippen LogP contribution in [0, 0.1) is 0 Å². The van der Waals surface area contributed by atoms with E-state index in [1.54, 1.807) is 41.5 Å². The molecule has 0 radical (unpaired) electrons. The lowest BCUT2D eigenvalue weighted by molar-refractivity contribution is 0.00554. The molecule has 1 saturated carbocycles. The highest BCUT2D eigenvalue weighted by molar-refractivity contribution is 9.10. The van der Waals surface area contributed by atoms with Gasteiger partial charge >= 0.3 is 12.1 Å². The summed E-state index contributed by atoms with van der Waals surface area (Å²) < 4.78 is 22.7. The van der Waals surface area contributed by atoms with Crippen LogP contribution in [0.15, 0.2) is 10.5 Å². The summed E-state index contributed by atoms with van der Waals surface area (Å²) in [6.07, 6.45) is 2.12. The number of hydrogen-bond acceptors (Lipinski definition) is 6. The molecule has 1 aliphatic carbocycles. The highest BCUT2D eigenvalue weighted by Crippen LogP contribution is 2.58. The van der Waals surface area contributed by atoms with Crippen molar-refractivity contribution in [2.45, 2.75) is 77.4 Å². The van der Waals surface area contributed by atoms with Crippen LogP contribution in [0.3, 0.4) is 0 Å². The van der Waals surface area contributed by atoms with Crippen molar-refractivity contribution in [3.05, 3.63) is 21.7 Å². The van der Waals surface area contributed by atoms with Gasteiger partial charge in [0.2, 0.25) is 0 Å². The number of esters is 1. The lowest BCUT2D eigenvalue weighted by atomic mass is 9.88. The third-order valence-corrected chi connectivity index (χ3v) is 5.21. The Balaban J connectivity index is 2.08. The predicted molar refractivity (Wildman–Crippen MR) is 107 cm³/mol. The van der Waals surface area contributed by atoms with Crippen LogP contribution in [-0.4, -0.2) is 29.9 Å². The molecule has 3 rings (SSSR count). The van der Waals surface area contributed by atoms with Crippen LogP contribution >= 0.6 is 15.9 Å². The van der Waals surface area contributed by atoms with Crippen LogP contribution in [-0.2, 0) is 14.9 Å². The van der Waals surface area contributed by atoms with Gasteiger partial charge in [-0.05, 0) is 82.8 Å². The number of rotatable bonds is 2. The Hall–Kier alpha value is -1.76. The summed E-state index contributed by atoms with van der Waals surface area (Å²) in [7, 11) is 0. The molecule has 154 valence electrons. The Morgan fingerprint density at radius 2 is 1.64 bits per heavy atom. The number of hydrogen-bond donors (Lipinski definition) is 0. The molecular formula is C21H27BrO6. The zero-order valence-electron chi connectivity index (χ0n) is 17.2. The van der Waals surface area contributed by atoms with Crippen molar-refractivity contribution in [3.8, 4) is 11.5 Å². The fourth-order valence-electron chi connectivity index (χ4n) is 3.28. The van der Waals surface area contributed by atoms with E-state index in [9.17, 15) is 9.59 Å². The van der Waals surface area contributed by atoms with E-state index in [0.717, 1.165) is 24.8 Å². The molecule has 0 saturated heterocycles. The molecule has 1 aromatic rings. The maximum atomic E-state index is 13.0. The van der Waals surface area contributed by atoms with Crippen LogP contribution in [0.4, 0.5) is 4.79 Å². The van der Waals surface area contributed by atoms with Gasteiger partial charge < -0.3 is 18.9 Å². The van der Waals surface area contributed by atoms with Gasteiger partial charge in [0.25, 0.3) is 0 Å². The van der Waals surface area contributed by atoms with Gasteiger partial charge in [0.15, 0.2) is 5.75 Å². The number of carbonyl (C=O) groups is 2. The fourth-order valence-corrected chi connectivity index (χ4v) is 3.79. The van der Waals surface area contributed by atoms with E-state index in [0.29, 0.717) is 16.8 Å². The van der Waals surface area contributed by atoms with Gasteiger partial charge in [0.05, 0.1) is 11.1 Å². The Labute approximate surface area is 174 Å². The molecular weight excluding hydrogens is 428 g/mol. The zero-order valence-corrected chi connectivity index (χ0v) is 18.8. The van der Waals surface area contributed by atoms with Crippen LogP contribution in [0.5, 0.6) is 11.5 Å². The third-order valence-electron chi connectivity index (χ3n) is 4.62. The van der Waals surface area contributed by atoms with Gasteiger partial charge in [0.1, 0.15) is 22.5 Å². The number of benzene rings is 1. The molecule has 2 aliphatic rings. The molecule has 1 aliphatic heterocycles. The zero-order chi connectivity index (χ0) is 20.9. The highest BCUT2D eigenvalue weighted by atomic mass is 79.9. The van der Waals surface area contributed by atoms with E-state index in [2.05, 4.69) is 15.9 Å². The molecule has 7 heteroatoms. The molecule has 0 amide bonds. The highest BCUT2D eigenvalue weighted by Gasteiger charge is 2.50. The Bertz CT molecular complexity index is 812. The lowest BCUT2D eigenvalue weighted by Gasteiger charge is -2.30. The van der Waals surface area contributed by atoms with Crippen molar-refractivity contribution in [1.82, 2.24) is 0 Å². The van der Waals surface area contributed by atoms with Gasteiger partial charge in [-0.1, -0.05) is 0 Å². The minimum Gasteiger partial charge on any atom is -0.492 e.